The van der Waals surface area contributed by atoms with Crippen molar-refractivity contribution in [2.45, 2.75) is 25.9 Å². The molecular formula is C15H21FN2O2. The molecule has 20 heavy (non-hydrogen) atoms. The van der Waals surface area contributed by atoms with E-state index in [2.05, 4.69) is 4.90 Å². The van der Waals surface area contributed by atoms with Crippen LogP contribution in [0.2, 0.25) is 0 Å². The molecule has 1 N–H and O–H groups in total. The van der Waals surface area contributed by atoms with Crippen LogP contribution in [0.4, 0.5) is 10.1 Å². The van der Waals surface area contributed by atoms with Crippen LogP contribution in [-0.2, 0) is 4.79 Å². The molecule has 0 aromatic heterocycles. The van der Waals surface area contributed by atoms with Crippen LogP contribution in [-0.4, -0.2) is 48.2 Å². The molecule has 1 aromatic rings. The Morgan fingerprint density at radius 1 is 1.35 bits per heavy atom. The zero-order valence-electron chi connectivity index (χ0n) is 11.8. The summed E-state index contributed by atoms with van der Waals surface area (Å²) in [5.74, 6) is -0.294. The predicted octanol–water partition coefficient (Wildman–Crippen LogP) is 1.64. The third-order valence-electron chi connectivity index (χ3n) is 3.67. The topological polar surface area (TPSA) is 43.8 Å². The van der Waals surface area contributed by atoms with E-state index >= 15 is 0 Å². The molecule has 1 heterocycles. The van der Waals surface area contributed by atoms with Crippen LogP contribution in [0, 0.1) is 5.82 Å². The number of aliphatic hydroxyl groups excluding tert-OH is 1. The monoisotopic (exact) mass is 280 g/mol. The third kappa shape index (κ3) is 3.77. The number of anilines is 1. The molecule has 1 saturated heterocycles. The maximum absolute atomic E-state index is 12.9. The summed E-state index contributed by atoms with van der Waals surface area (Å²) in [5.41, 5.74) is 0.718. The van der Waals surface area contributed by atoms with Crippen LogP contribution in [0.1, 0.15) is 19.8 Å². The van der Waals surface area contributed by atoms with E-state index in [-0.39, 0.29) is 17.8 Å². The first-order valence-electron chi connectivity index (χ1n) is 7.06. The first kappa shape index (κ1) is 14.9. The van der Waals surface area contributed by atoms with Crippen molar-refractivity contribution in [3.05, 3.63) is 30.1 Å². The number of amides is 1. The Morgan fingerprint density at radius 2 is 1.95 bits per heavy atom. The molecule has 0 radical (unpaired) electrons. The van der Waals surface area contributed by atoms with E-state index in [0.29, 0.717) is 13.1 Å². The normalized spacial score (nSPS) is 17.1. The largest absolute Gasteiger partial charge is 0.393 e. The van der Waals surface area contributed by atoms with Gasteiger partial charge >= 0.3 is 0 Å². The molecule has 0 unspecified atom stereocenters. The maximum atomic E-state index is 12.9. The number of hydrogen-bond donors (Lipinski definition) is 1. The number of likely N-dealkylation sites (tertiary alicyclic amines) is 1. The summed E-state index contributed by atoms with van der Waals surface area (Å²) < 4.78 is 12.9. The highest BCUT2D eigenvalue weighted by molar-refractivity contribution is 5.94. The Morgan fingerprint density at radius 3 is 2.50 bits per heavy atom. The lowest BCUT2D eigenvalue weighted by Crippen LogP contribution is -2.44. The minimum absolute atomic E-state index is 0.00972. The molecule has 0 aliphatic carbocycles. The quantitative estimate of drug-likeness (QED) is 0.912. The first-order chi connectivity index (χ1) is 9.60. The summed E-state index contributed by atoms with van der Waals surface area (Å²) in [7, 11) is 0. The third-order valence-corrected chi connectivity index (χ3v) is 3.67. The minimum Gasteiger partial charge on any atom is -0.393 e. The molecule has 2 rings (SSSR count). The Balaban J connectivity index is 1.97. The van der Waals surface area contributed by atoms with E-state index in [1.165, 1.54) is 12.1 Å². The minimum atomic E-state index is -0.303. The zero-order valence-corrected chi connectivity index (χ0v) is 11.8. The van der Waals surface area contributed by atoms with E-state index in [1.54, 1.807) is 17.0 Å². The first-order valence-corrected chi connectivity index (χ1v) is 7.06. The number of benzene rings is 1. The second-order valence-electron chi connectivity index (χ2n) is 5.12. The van der Waals surface area contributed by atoms with Gasteiger partial charge in [0.15, 0.2) is 0 Å². The van der Waals surface area contributed by atoms with Crippen molar-refractivity contribution in [3.8, 4) is 0 Å². The van der Waals surface area contributed by atoms with Crippen molar-refractivity contribution < 1.29 is 14.3 Å². The van der Waals surface area contributed by atoms with Crippen LogP contribution in [0.15, 0.2) is 24.3 Å². The highest BCUT2D eigenvalue weighted by atomic mass is 19.1. The average molecular weight is 280 g/mol. The van der Waals surface area contributed by atoms with Gasteiger partial charge in [-0.1, -0.05) is 0 Å². The molecule has 1 aromatic carbocycles. The van der Waals surface area contributed by atoms with Gasteiger partial charge in [-0.05, 0) is 44.0 Å². The number of halogens is 1. The van der Waals surface area contributed by atoms with Gasteiger partial charge < -0.3 is 10.0 Å². The number of aliphatic hydroxyl groups is 1. The van der Waals surface area contributed by atoms with Crippen LogP contribution in [0.25, 0.3) is 0 Å². The number of carbonyl (C=O) groups excluding carboxylic acids is 1. The smallest absolute Gasteiger partial charge is 0.241 e. The summed E-state index contributed by atoms with van der Waals surface area (Å²) >= 11 is 0. The van der Waals surface area contributed by atoms with Crippen molar-refractivity contribution in [1.29, 1.82) is 0 Å². The van der Waals surface area contributed by atoms with Gasteiger partial charge in [-0.3, -0.25) is 9.69 Å². The number of hydrogen-bond acceptors (Lipinski definition) is 3. The number of rotatable bonds is 4. The molecule has 1 amide bonds. The SMILES string of the molecule is CCN(C(=O)CN1CCC(O)CC1)c1ccc(F)cc1. The van der Waals surface area contributed by atoms with Crippen LogP contribution < -0.4 is 4.90 Å². The summed E-state index contributed by atoms with van der Waals surface area (Å²) in [6.07, 6.45) is 1.20. The fourth-order valence-corrected chi connectivity index (χ4v) is 2.48. The van der Waals surface area contributed by atoms with Crippen molar-refractivity contribution in [3.63, 3.8) is 0 Å². The van der Waals surface area contributed by atoms with E-state index in [0.717, 1.165) is 31.6 Å². The zero-order chi connectivity index (χ0) is 14.5. The predicted molar refractivity (Wildman–Crippen MR) is 76.1 cm³/mol. The van der Waals surface area contributed by atoms with Gasteiger partial charge in [0.2, 0.25) is 5.91 Å². The molecule has 1 aliphatic heterocycles. The summed E-state index contributed by atoms with van der Waals surface area (Å²) in [6.45, 7) is 4.29. The number of nitrogens with zero attached hydrogens (tertiary/aromatic N) is 2. The van der Waals surface area contributed by atoms with E-state index in [1.807, 2.05) is 6.92 Å². The van der Waals surface area contributed by atoms with Crippen molar-refractivity contribution in [2.24, 2.45) is 0 Å². The van der Waals surface area contributed by atoms with Gasteiger partial charge in [-0.25, -0.2) is 4.39 Å². The van der Waals surface area contributed by atoms with Gasteiger partial charge in [-0.15, -0.1) is 0 Å². The van der Waals surface area contributed by atoms with Gasteiger partial charge in [-0.2, -0.15) is 0 Å². The average Bonchev–Trinajstić information content (AvgIpc) is 2.44. The van der Waals surface area contributed by atoms with Gasteiger partial charge in [0.25, 0.3) is 0 Å². The van der Waals surface area contributed by atoms with E-state index in [4.69, 9.17) is 0 Å². The number of piperidine rings is 1. The lowest BCUT2D eigenvalue weighted by molar-refractivity contribution is -0.120. The molecule has 110 valence electrons. The molecule has 4 nitrogen and oxygen atoms in total. The molecule has 1 aliphatic rings. The van der Waals surface area contributed by atoms with Crippen molar-refractivity contribution in [1.82, 2.24) is 4.90 Å². The summed E-state index contributed by atoms with van der Waals surface area (Å²) in [4.78, 5) is 16.1. The summed E-state index contributed by atoms with van der Waals surface area (Å²) in [5, 5.41) is 9.46. The molecule has 0 saturated carbocycles. The van der Waals surface area contributed by atoms with Crippen molar-refractivity contribution in [2.75, 3.05) is 31.1 Å². The van der Waals surface area contributed by atoms with Gasteiger partial charge in [0.05, 0.1) is 12.6 Å². The highest BCUT2D eigenvalue weighted by Crippen LogP contribution is 2.16. The highest BCUT2D eigenvalue weighted by Gasteiger charge is 2.22. The van der Waals surface area contributed by atoms with Crippen LogP contribution in [0.3, 0.4) is 0 Å². The van der Waals surface area contributed by atoms with Crippen LogP contribution >= 0.6 is 0 Å². The van der Waals surface area contributed by atoms with Gasteiger partial charge in [0.1, 0.15) is 5.82 Å². The fourth-order valence-electron chi connectivity index (χ4n) is 2.48. The molecule has 0 atom stereocenters. The summed E-state index contributed by atoms with van der Waals surface area (Å²) in [6, 6.07) is 5.97. The molecule has 1 fully saturated rings. The second-order valence-corrected chi connectivity index (χ2v) is 5.12. The van der Waals surface area contributed by atoms with E-state index in [9.17, 15) is 14.3 Å². The lowest BCUT2D eigenvalue weighted by atomic mass is 10.1. The van der Waals surface area contributed by atoms with Crippen molar-refractivity contribution >= 4 is 11.6 Å². The number of likely N-dealkylation sites (N-methyl/N-ethyl adjacent to an activating group) is 1. The molecule has 5 heteroatoms. The molecule has 0 spiro atoms. The Bertz CT molecular complexity index is 442. The second kappa shape index (κ2) is 6.81. The van der Waals surface area contributed by atoms with Crippen LogP contribution in [0.5, 0.6) is 0 Å². The molecule has 0 bridgehead atoms. The standard InChI is InChI=1S/C15H21FN2O2/c1-2-18(13-5-3-12(16)4-6-13)15(20)11-17-9-7-14(19)8-10-17/h3-6,14,19H,2,7-11H2,1H3. The Kier molecular flexibility index (Phi) is 5.09. The van der Waals surface area contributed by atoms with Gasteiger partial charge in [0, 0.05) is 25.3 Å². The molecular weight excluding hydrogens is 259 g/mol. The Labute approximate surface area is 118 Å². The maximum Gasteiger partial charge on any atom is 0.241 e. The Hall–Kier alpha value is -1.46. The lowest BCUT2D eigenvalue weighted by Gasteiger charge is -2.31. The fraction of sp³-hybridized carbons (Fsp3) is 0.533. The van der Waals surface area contributed by atoms with E-state index < -0.39 is 0 Å². The number of carbonyl (C=O) groups is 1.